The molecule has 7 heteroatoms. The van der Waals surface area contributed by atoms with Gasteiger partial charge >= 0.3 is 5.97 Å². The first kappa shape index (κ1) is 22.1. The molecule has 172 valence electrons. The lowest BCUT2D eigenvalue weighted by molar-refractivity contribution is 0.0526. The standard InChI is InChI=1S/C27H24N2O4S/c1-2-32-27(31)23-19-13-7-9-15-22(19)34-26(23)29-25-20(16-17-10-6-8-14-21(17)33-25)24(30)28-18-11-4-3-5-12-18/h3-6,8,10-12,14,16H,2,7,9,13,15H2,1H3,(H,28,30)/b29-25-. The second-order valence-electron chi connectivity index (χ2n) is 8.05. The fourth-order valence-electron chi connectivity index (χ4n) is 4.17. The van der Waals surface area contributed by atoms with Crippen LogP contribution in [-0.2, 0) is 17.6 Å². The average Bonchev–Trinajstić information content (AvgIpc) is 3.22. The van der Waals surface area contributed by atoms with Gasteiger partial charge in [-0.1, -0.05) is 36.4 Å². The van der Waals surface area contributed by atoms with E-state index in [4.69, 9.17) is 14.1 Å². The highest BCUT2D eigenvalue weighted by atomic mass is 32.1. The van der Waals surface area contributed by atoms with Gasteiger partial charge in [0.05, 0.1) is 12.2 Å². The van der Waals surface area contributed by atoms with E-state index in [9.17, 15) is 9.59 Å². The highest BCUT2D eigenvalue weighted by Crippen LogP contribution is 2.40. The van der Waals surface area contributed by atoms with Crippen LogP contribution in [0.3, 0.4) is 0 Å². The summed E-state index contributed by atoms with van der Waals surface area (Å²) in [6.45, 7) is 2.08. The number of aryl methyl sites for hydroxylation is 1. The van der Waals surface area contributed by atoms with E-state index in [-0.39, 0.29) is 24.0 Å². The third kappa shape index (κ3) is 4.39. The lowest BCUT2D eigenvalue weighted by Crippen LogP contribution is -2.21. The topological polar surface area (TPSA) is 80.9 Å². The molecule has 1 N–H and O–H groups in total. The minimum absolute atomic E-state index is 0.163. The molecule has 0 spiro atoms. The molecule has 0 bridgehead atoms. The van der Waals surface area contributed by atoms with Crippen molar-refractivity contribution in [3.63, 3.8) is 0 Å². The minimum atomic E-state index is -0.378. The highest BCUT2D eigenvalue weighted by Gasteiger charge is 2.27. The van der Waals surface area contributed by atoms with Crippen molar-refractivity contribution in [3.8, 4) is 0 Å². The number of hydrogen-bond donors (Lipinski definition) is 1. The first-order valence-corrected chi connectivity index (χ1v) is 12.2. The van der Waals surface area contributed by atoms with Gasteiger partial charge in [-0.05, 0) is 62.4 Å². The second-order valence-corrected chi connectivity index (χ2v) is 9.13. The first-order valence-electron chi connectivity index (χ1n) is 11.4. The molecule has 0 saturated heterocycles. The Morgan fingerprint density at radius 3 is 2.65 bits per heavy atom. The molecule has 2 heterocycles. The number of carbonyl (C=O) groups excluding carboxylic acids is 2. The minimum Gasteiger partial charge on any atom is -0.462 e. The van der Waals surface area contributed by atoms with Crippen molar-refractivity contribution in [2.24, 2.45) is 4.99 Å². The lowest BCUT2D eigenvalue weighted by atomic mass is 9.95. The smallest absolute Gasteiger partial charge is 0.341 e. The lowest BCUT2D eigenvalue weighted by Gasteiger charge is -2.11. The summed E-state index contributed by atoms with van der Waals surface area (Å²) in [5.41, 5.74) is 3.26. The van der Waals surface area contributed by atoms with Crippen LogP contribution in [0.4, 0.5) is 10.7 Å². The fraction of sp³-hybridized carbons (Fsp3) is 0.222. The molecular weight excluding hydrogens is 448 g/mol. The van der Waals surface area contributed by atoms with Crippen molar-refractivity contribution < 1.29 is 18.7 Å². The van der Waals surface area contributed by atoms with E-state index in [0.29, 0.717) is 27.4 Å². The molecule has 0 aliphatic heterocycles. The number of ether oxygens (including phenoxy) is 1. The number of benzene rings is 2. The Hall–Kier alpha value is -3.71. The van der Waals surface area contributed by atoms with E-state index in [1.807, 2.05) is 54.6 Å². The SMILES string of the molecule is CCOC(=O)c1c(/N=c2\oc3ccccc3cc2C(=O)Nc2ccccc2)sc2c1CCCC2. The summed E-state index contributed by atoms with van der Waals surface area (Å²) in [5, 5.41) is 4.22. The van der Waals surface area contributed by atoms with Crippen LogP contribution in [0.25, 0.3) is 11.0 Å². The largest absolute Gasteiger partial charge is 0.462 e. The van der Waals surface area contributed by atoms with Crippen molar-refractivity contribution >= 4 is 44.9 Å². The molecule has 1 aliphatic carbocycles. The molecule has 2 aromatic carbocycles. The number of nitrogens with zero attached hydrogens (tertiary/aromatic N) is 1. The van der Waals surface area contributed by atoms with Crippen LogP contribution in [0.5, 0.6) is 0 Å². The van der Waals surface area contributed by atoms with Crippen molar-refractivity contribution in [3.05, 3.63) is 87.8 Å². The predicted molar refractivity (Wildman–Crippen MR) is 133 cm³/mol. The van der Waals surface area contributed by atoms with Crippen LogP contribution in [-0.4, -0.2) is 18.5 Å². The molecule has 0 unspecified atom stereocenters. The van der Waals surface area contributed by atoms with Gasteiger partial charge in [0, 0.05) is 16.0 Å². The van der Waals surface area contributed by atoms with E-state index in [1.54, 1.807) is 13.0 Å². The number of amides is 1. The van der Waals surface area contributed by atoms with Gasteiger partial charge in [0.15, 0.2) is 0 Å². The number of fused-ring (bicyclic) bond motifs is 2. The van der Waals surface area contributed by atoms with Crippen LogP contribution >= 0.6 is 11.3 Å². The van der Waals surface area contributed by atoms with Crippen molar-refractivity contribution in [1.29, 1.82) is 0 Å². The number of carbonyl (C=O) groups is 2. The summed E-state index contributed by atoms with van der Waals surface area (Å²) >= 11 is 1.48. The maximum atomic E-state index is 13.3. The molecule has 1 aliphatic rings. The summed E-state index contributed by atoms with van der Waals surface area (Å²) in [6.07, 6.45) is 3.85. The first-order chi connectivity index (χ1) is 16.6. The highest BCUT2D eigenvalue weighted by molar-refractivity contribution is 7.16. The molecule has 2 aromatic heterocycles. The molecule has 0 fully saturated rings. The summed E-state index contributed by atoms with van der Waals surface area (Å²) in [4.78, 5) is 32.0. The zero-order valence-corrected chi connectivity index (χ0v) is 19.6. The Labute approximate surface area is 200 Å². The van der Waals surface area contributed by atoms with Gasteiger partial charge < -0.3 is 14.5 Å². The zero-order chi connectivity index (χ0) is 23.5. The molecule has 5 rings (SSSR count). The van der Waals surface area contributed by atoms with E-state index >= 15 is 0 Å². The van der Waals surface area contributed by atoms with Gasteiger partial charge in [-0.25, -0.2) is 9.79 Å². The number of nitrogens with one attached hydrogen (secondary N) is 1. The molecule has 6 nitrogen and oxygen atoms in total. The van der Waals surface area contributed by atoms with Gasteiger partial charge in [0.2, 0.25) is 5.55 Å². The van der Waals surface area contributed by atoms with Crippen LogP contribution in [0, 0.1) is 0 Å². The molecule has 0 radical (unpaired) electrons. The summed E-state index contributed by atoms with van der Waals surface area (Å²) in [5.74, 6) is -0.713. The van der Waals surface area contributed by atoms with Crippen LogP contribution in [0.15, 0.2) is 70.1 Å². The van der Waals surface area contributed by atoms with Crippen LogP contribution in [0.2, 0.25) is 0 Å². The van der Waals surface area contributed by atoms with Gasteiger partial charge in [0.25, 0.3) is 5.91 Å². The van der Waals surface area contributed by atoms with Gasteiger partial charge in [-0.3, -0.25) is 4.79 Å². The van der Waals surface area contributed by atoms with Crippen molar-refractivity contribution in [2.75, 3.05) is 11.9 Å². The van der Waals surface area contributed by atoms with Crippen LogP contribution < -0.4 is 10.9 Å². The molecule has 34 heavy (non-hydrogen) atoms. The third-order valence-corrected chi connectivity index (χ3v) is 6.95. The van der Waals surface area contributed by atoms with E-state index < -0.39 is 0 Å². The number of para-hydroxylation sites is 2. The number of hydrogen-bond acceptors (Lipinski definition) is 6. The van der Waals surface area contributed by atoms with E-state index in [2.05, 4.69) is 5.32 Å². The molecular formula is C27H24N2O4S. The number of rotatable bonds is 5. The number of thiophene rings is 1. The Morgan fingerprint density at radius 1 is 1.06 bits per heavy atom. The van der Waals surface area contributed by atoms with Crippen molar-refractivity contribution in [2.45, 2.75) is 32.6 Å². The summed E-state index contributed by atoms with van der Waals surface area (Å²) in [7, 11) is 0. The Morgan fingerprint density at radius 2 is 1.82 bits per heavy atom. The fourth-order valence-corrected chi connectivity index (χ4v) is 5.42. The zero-order valence-electron chi connectivity index (χ0n) is 18.8. The normalized spacial score (nSPS) is 13.5. The maximum absolute atomic E-state index is 13.3. The Bertz CT molecular complexity index is 1440. The monoisotopic (exact) mass is 472 g/mol. The predicted octanol–water partition coefficient (Wildman–Crippen LogP) is 6.03. The molecule has 4 aromatic rings. The summed E-state index contributed by atoms with van der Waals surface area (Å²) in [6, 6.07) is 18.5. The maximum Gasteiger partial charge on any atom is 0.341 e. The average molecular weight is 473 g/mol. The third-order valence-electron chi connectivity index (χ3n) is 5.77. The van der Waals surface area contributed by atoms with E-state index in [1.165, 1.54) is 11.3 Å². The van der Waals surface area contributed by atoms with Gasteiger partial charge in [-0.15, -0.1) is 11.3 Å². The Kier molecular flexibility index (Phi) is 6.27. The quantitative estimate of drug-likeness (QED) is 0.359. The summed E-state index contributed by atoms with van der Waals surface area (Å²) < 4.78 is 11.5. The van der Waals surface area contributed by atoms with Gasteiger partial charge in [0.1, 0.15) is 16.1 Å². The number of anilines is 1. The van der Waals surface area contributed by atoms with Gasteiger partial charge in [-0.2, -0.15) is 0 Å². The van der Waals surface area contributed by atoms with Crippen molar-refractivity contribution in [1.82, 2.24) is 0 Å². The van der Waals surface area contributed by atoms with Crippen LogP contribution in [0.1, 0.15) is 50.9 Å². The molecule has 0 saturated carbocycles. The molecule has 1 amide bonds. The molecule has 0 atom stereocenters. The van der Waals surface area contributed by atoms with E-state index in [0.717, 1.165) is 41.5 Å². The number of esters is 1. The Balaban J connectivity index is 1.68. The second kappa shape index (κ2) is 9.65.